The van der Waals surface area contributed by atoms with Gasteiger partial charge in [-0.05, 0) is 12.1 Å². The molecule has 0 aliphatic carbocycles. The number of oxime groups is 2. The van der Waals surface area contributed by atoms with Crippen LogP contribution in [0.2, 0.25) is 5.02 Å². The van der Waals surface area contributed by atoms with Gasteiger partial charge in [0, 0.05) is 28.3 Å². The lowest BCUT2D eigenvalue weighted by atomic mass is 10.1. The molecular weight excluding hydrogens is 358 g/mol. The van der Waals surface area contributed by atoms with Crippen molar-refractivity contribution in [1.82, 2.24) is 5.16 Å². The lowest BCUT2D eigenvalue weighted by Gasteiger charge is -2.03. The van der Waals surface area contributed by atoms with Crippen molar-refractivity contribution >= 4 is 23.3 Å². The Morgan fingerprint density at radius 2 is 1.54 bits per heavy atom. The summed E-state index contributed by atoms with van der Waals surface area (Å²) >= 11 is 6.26. The molecule has 0 unspecified atom stereocenters. The molecule has 0 radical (unpaired) electrons. The Balaban J connectivity index is 1.91. The van der Waals surface area contributed by atoms with Crippen LogP contribution in [0.1, 0.15) is 11.1 Å². The van der Waals surface area contributed by atoms with Gasteiger partial charge in [-0.15, -0.1) is 0 Å². The van der Waals surface area contributed by atoms with Gasteiger partial charge in [-0.25, -0.2) is 0 Å². The van der Waals surface area contributed by atoms with E-state index < -0.39 is 0 Å². The van der Waals surface area contributed by atoms with E-state index in [0.29, 0.717) is 33.2 Å². The maximum atomic E-state index is 8.73. The minimum absolute atomic E-state index is 0.0231. The van der Waals surface area contributed by atoms with E-state index in [2.05, 4.69) is 15.5 Å². The van der Waals surface area contributed by atoms with Gasteiger partial charge in [0.2, 0.25) is 0 Å². The molecule has 0 atom stereocenters. The van der Waals surface area contributed by atoms with Crippen molar-refractivity contribution in [1.29, 1.82) is 0 Å². The number of halogens is 1. The molecule has 3 rings (SSSR count). The average Bonchev–Trinajstić information content (AvgIpc) is 3.16. The Bertz CT molecular complexity index is 996. The highest BCUT2D eigenvalue weighted by atomic mass is 35.5. The first kappa shape index (κ1) is 17.3. The minimum Gasteiger partial charge on any atom is -0.409 e. The van der Waals surface area contributed by atoms with Crippen LogP contribution in [0, 0.1) is 0 Å². The van der Waals surface area contributed by atoms with Crippen molar-refractivity contribution in [2.75, 3.05) is 0 Å². The molecule has 6 N–H and O–H groups in total. The molecule has 0 saturated heterocycles. The topological polar surface area (TPSA) is 143 Å². The van der Waals surface area contributed by atoms with Crippen molar-refractivity contribution in [3.63, 3.8) is 0 Å². The molecule has 0 spiro atoms. The third kappa shape index (κ3) is 3.31. The number of hydrogen-bond donors (Lipinski definition) is 4. The third-order valence-corrected chi connectivity index (χ3v) is 4.05. The molecule has 0 bridgehead atoms. The standard InChI is InChI=1S/C17H14ClN5O3/c18-13-7-11(17(20)22-25)5-6-12(13)15-8-14(23-26-15)9-1-3-10(4-2-9)16(19)21-24/h1-8,24-25H,(H2,19,21)(H2,20,22). The van der Waals surface area contributed by atoms with Crippen LogP contribution in [-0.4, -0.2) is 27.2 Å². The molecule has 0 aliphatic heterocycles. The van der Waals surface area contributed by atoms with Gasteiger partial charge in [0.15, 0.2) is 17.4 Å². The first-order chi connectivity index (χ1) is 12.5. The Hall–Kier alpha value is -3.52. The van der Waals surface area contributed by atoms with Crippen LogP contribution >= 0.6 is 11.6 Å². The monoisotopic (exact) mass is 371 g/mol. The van der Waals surface area contributed by atoms with Gasteiger partial charge in [-0.3, -0.25) is 0 Å². The van der Waals surface area contributed by atoms with Crippen LogP contribution in [0.15, 0.2) is 63.4 Å². The van der Waals surface area contributed by atoms with Gasteiger partial charge in [0.05, 0.1) is 5.02 Å². The van der Waals surface area contributed by atoms with Crippen LogP contribution in [0.3, 0.4) is 0 Å². The number of nitrogens with zero attached hydrogens (tertiary/aromatic N) is 3. The largest absolute Gasteiger partial charge is 0.409 e. The summed E-state index contributed by atoms with van der Waals surface area (Å²) in [5, 5.41) is 27.7. The first-order valence-electron chi connectivity index (χ1n) is 7.36. The Kier molecular flexibility index (Phi) is 4.76. The summed E-state index contributed by atoms with van der Waals surface area (Å²) in [6, 6.07) is 13.6. The SMILES string of the molecule is N/C(=N\O)c1ccc(-c2cc(-c3ccc(/C(N)=N/O)cc3Cl)on2)cc1. The molecule has 9 heteroatoms. The molecule has 0 fully saturated rings. The lowest BCUT2D eigenvalue weighted by Crippen LogP contribution is -2.12. The van der Waals surface area contributed by atoms with Crippen LogP contribution in [0.25, 0.3) is 22.6 Å². The van der Waals surface area contributed by atoms with Gasteiger partial charge in [0.25, 0.3) is 0 Å². The summed E-state index contributed by atoms with van der Waals surface area (Å²) in [5.41, 5.74) is 14.2. The highest BCUT2D eigenvalue weighted by Crippen LogP contribution is 2.31. The van der Waals surface area contributed by atoms with Crippen LogP contribution in [-0.2, 0) is 0 Å². The van der Waals surface area contributed by atoms with Crippen LogP contribution < -0.4 is 11.5 Å². The van der Waals surface area contributed by atoms with E-state index in [0.717, 1.165) is 5.56 Å². The third-order valence-electron chi connectivity index (χ3n) is 3.73. The van der Waals surface area contributed by atoms with Crippen molar-refractivity contribution in [3.8, 4) is 22.6 Å². The van der Waals surface area contributed by atoms with Crippen LogP contribution in [0.5, 0.6) is 0 Å². The van der Waals surface area contributed by atoms with Gasteiger partial charge in [0.1, 0.15) is 5.69 Å². The van der Waals surface area contributed by atoms with E-state index in [9.17, 15) is 0 Å². The average molecular weight is 372 g/mol. The summed E-state index contributed by atoms with van der Waals surface area (Å²) in [5.74, 6) is 0.453. The molecule has 0 saturated carbocycles. The summed E-state index contributed by atoms with van der Waals surface area (Å²) < 4.78 is 5.38. The van der Waals surface area contributed by atoms with Gasteiger partial charge in [-0.1, -0.05) is 57.4 Å². The fourth-order valence-corrected chi connectivity index (χ4v) is 2.61. The fourth-order valence-electron chi connectivity index (χ4n) is 2.34. The minimum atomic E-state index is -0.0394. The zero-order valence-corrected chi connectivity index (χ0v) is 14.1. The molecule has 132 valence electrons. The van der Waals surface area contributed by atoms with Crippen molar-refractivity contribution in [2.24, 2.45) is 21.8 Å². The van der Waals surface area contributed by atoms with Crippen molar-refractivity contribution in [2.45, 2.75) is 0 Å². The number of rotatable bonds is 4. The van der Waals surface area contributed by atoms with Crippen molar-refractivity contribution in [3.05, 3.63) is 64.7 Å². The second kappa shape index (κ2) is 7.16. The number of aromatic nitrogens is 1. The molecular formula is C17H14ClN5O3. The second-order valence-corrected chi connectivity index (χ2v) is 5.73. The van der Waals surface area contributed by atoms with E-state index >= 15 is 0 Å². The Labute approximate surface area is 153 Å². The molecule has 26 heavy (non-hydrogen) atoms. The Morgan fingerprint density at radius 3 is 2.15 bits per heavy atom. The number of nitrogens with two attached hydrogens (primary N) is 2. The Morgan fingerprint density at radius 1 is 0.923 bits per heavy atom. The highest BCUT2D eigenvalue weighted by Gasteiger charge is 2.13. The molecule has 1 heterocycles. The molecule has 2 aromatic carbocycles. The predicted octanol–water partition coefficient (Wildman–Crippen LogP) is 2.85. The van der Waals surface area contributed by atoms with E-state index in [1.54, 1.807) is 48.5 Å². The number of benzene rings is 2. The maximum Gasteiger partial charge on any atom is 0.170 e. The summed E-state index contributed by atoms with van der Waals surface area (Å²) in [4.78, 5) is 0. The molecule has 8 nitrogen and oxygen atoms in total. The zero-order valence-electron chi connectivity index (χ0n) is 13.3. The second-order valence-electron chi connectivity index (χ2n) is 5.32. The normalized spacial score (nSPS) is 12.3. The van der Waals surface area contributed by atoms with E-state index in [4.69, 9.17) is 38.0 Å². The quantitative estimate of drug-likeness (QED) is 0.240. The summed E-state index contributed by atoms with van der Waals surface area (Å²) in [6.07, 6.45) is 0. The number of hydrogen-bond acceptors (Lipinski definition) is 6. The van der Waals surface area contributed by atoms with E-state index in [1.165, 1.54) is 0 Å². The summed E-state index contributed by atoms with van der Waals surface area (Å²) in [6.45, 7) is 0. The highest BCUT2D eigenvalue weighted by molar-refractivity contribution is 6.33. The van der Waals surface area contributed by atoms with E-state index in [-0.39, 0.29) is 11.7 Å². The van der Waals surface area contributed by atoms with Crippen molar-refractivity contribution < 1.29 is 14.9 Å². The van der Waals surface area contributed by atoms with E-state index in [1.807, 2.05) is 0 Å². The first-order valence-corrected chi connectivity index (χ1v) is 7.74. The summed E-state index contributed by atoms with van der Waals surface area (Å²) in [7, 11) is 0. The fraction of sp³-hybridized carbons (Fsp3) is 0. The van der Waals surface area contributed by atoms with Gasteiger partial charge >= 0.3 is 0 Å². The smallest absolute Gasteiger partial charge is 0.170 e. The zero-order chi connectivity index (χ0) is 18.7. The van der Waals surface area contributed by atoms with Gasteiger partial charge < -0.3 is 26.4 Å². The molecule has 0 aliphatic rings. The molecule has 0 amide bonds. The van der Waals surface area contributed by atoms with Crippen LogP contribution in [0.4, 0.5) is 0 Å². The molecule has 3 aromatic rings. The predicted molar refractivity (Wildman–Crippen MR) is 97.4 cm³/mol. The molecule has 1 aromatic heterocycles. The van der Waals surface area contributed by atoms with Gasteiger partial charge in [-0.2, -0.15) is 0 Å². The maximum absolute atomic E-state index is 8.73. The lowest BCUT2D eigenvalue weighted by molar-refractivity contribution is 0.318. The number of amidine groups is 2.